The van der Waals surface area contributed by atoms with Crippen LogP contribution in [0.5, 0.6) is 5.75 Å². The molecule has 0 bridgehead atoms. The number of ether oxygens (including phenoxy) is 1. The van der Waals surface area contributed by atoms with Gasteiger partial charge in [-0.2, -0.15) is 0 Å². The van der Waals surface area contributed by atoms with E-state index >= 15 is 0 Å². The molecule has 0 amide bonds. The molecule has 0 aliphatic rings. The fourth-order valence-electron chi connectivity index (χ4n) is 3.42. The molecule has 3 aromatic rings. The number of hydrogen-bond donors (Lipinski definition) is 0. The van der Waals surface area contributed by atoms with Crippen LogP contribution in [0.25, 0.3) is 11.0 Å². The van der Waals surface area contributed by atoms with Crippen LogP contribution in [0, 0.1) is 0 Å². The number of rotatable bonds is 11. The van der Waals surface area contributed by atoms with Gasteiger partial charge in [0.25, 0.3) is 0 Å². The summed E-state index contributed by atoms with van der Waals surface area (Å²) in [6.07, 6.45) is 9.12. The minimum atomic E-state index is 0.426. The van der Waals surface area contributed by atoms with Crippen molar-refractivity contribution in [2.24, 2.45) is 0 Å². The Labute approximate surface area is 167 Å². The molecule has 0 aliphatic heterocycles. The van der Waals surface area contributed by atoms with Gasteiger partial charge in [0, 0.05) is 6.54 Å². The number of nitrogens with zero attached hydrogens (tertiary/aromatic N) is 2. The number of para-hydroxylation sites is 3. The number of hydrogen-bond acceptors (Lipinski definition) is 2. The summed E-state index contributed by atoms with van der Waals surface area (Å²) in [4.78, 5) is 4.79. The number of imidazole rings is 1. The van der Waals surface area contributed by atoms with Gasteiger partial charge in [0.15, 0.2) is 0 Å². The molecule has 0 radical (unpaired) electrons. The van der Waals surface area contributed by atoms with E-state index in [2.05, 4.69) is 29.7 Å². The maximum absolute atomic E-state index is 6.21. The van der Waals surface area contributed by atoms with Crippen molar-refractivity contribution in [1.29, 1.82) is 0 Å². The van der Waals surface area contributed by atoms with Crippen LogP contribution < -0.4 is 4.74 Å². The SMILES string of the molecule is CCCCCCCCCn1c(COc2ccccc2Cl)nc2ccccc21. The molecule has 0 fully saturated rings. The molecule has 0 spiro atoms. The van der Waals surface area contributed by atoms with Gasteiger partial charge < -0.3 is 9.30 Å². The van der Waals surface area contributed by atoms with Crippen molar-refractivity contribution < 1.29 is 4.74 Å². The summed E-state index contributed by atoms with van der Waals surface area (Å²) in [6, 6.07) is 15.9. The zero-order valence-corrected chi connectivity index (χ0v) is 16.9. The second kappa shape index (κ2) is 10.4. The Bertz CT molecular complexity index is 843. The van der Waals surface area contributed by atoms with Crippen molar-refractivity contribution in [3.05, 3.63) is 59.4 Å². The van der Waals surface area contributed by atoms with Gasteiger partial charge in [-0.25, -0.2) is 4.98 Å². The third-order valence-corrected chi connectivity index (χ3v) is 5.22. The number of fused-ring (bicyclic) bond motifs is 1. The van der Waals surface area contributed by atoms with Crippen LogP contribution in [0.3, 0.4) is 0 Å². The lowest BCUT2D eigenvalue weighted by Crippen LogP contribution is -2.08. The van der Waals surface area contributed by atoms with Crippen LogP contribution in [0.4, 0.5) is 0 Å². The van der Waals surface area contributed by atoms with Crippen LogP contribution in [0.2, 0.25) is 5.02 Å². The Balaban J connectivity index is 1.64. The van der Waals surface area contributed by atoms with Crippen molar-refractivity contribution in [2.75, 3.05) is 0 Å². The van der Waals surface area contributed by atoms with Crippen LogP contribution in [0.1, 0.15) is 57.7 Å². The van der Waals surface area contributed by atoms with E-state index in [1.54, 1.807) is 0 Å². The summed E-state index contributed by atoms with van der Waals surface area (Å²) in [5.74, 6) is 1.66. The topological polar surface area (TPSA) is 27.1 Å². The molecule has 0 saturated heterocycles. The van der Waals surface area contributed by atoms with E-state index in [-0.39, 0.29) is 0 Å². The molecule has 0 aliphatic carbocycles. The quantitative estimate of drug-likeness (QED) is 0.332. The molecule has 0 N–H and O–H groups in total. The predicted octanol–water partition coefficient (Wildman–Crippen LogP) is 7.02. The molecule has 1 aromatic heterocycles. The van der Waals surface area contributed by atoms with Gasteiger partial charge in [0.1, 0.15) is 18.2 Å². The van der Waals surface area contributed by atoms with Crippen molar-refractivity contribution >= 4 is 22.6 Å². The van der Waals surface area contributed by atoms with E-state index < -0.39 is 0 Å². The highest BCUT2D eigenvalue weighted by Gasteiger charge is 2.11. The molecule has 0 saturated carbocycles. The summed E-state index contributed by atoms with van der Waals surface area (Å²) in [5, 5.41) is 0.632. The molecule has 0 unspecified atom stereocenters. The Kier molecular flexibility index (Phi) is 7.58. The Morgan fingerprint density at radius 2 is 1.59 bits per heavy atom. The third kappa shape index (κ3) is 5.49. The van der Waals surface area contributed by atoms with E-state index in [1.165, 1.54) is 50.5 Å². The molecule has 144 valence electrons. The molecule has 3 rings (SSSR count). The molecule has 0 atom stereocenters. The number of halogens is 1. The normalized spacial score (nSPS) is 11.2. The summed E-state index contributed by atoms with van der Waals surface area (Å²) >= 11 is 6.21. The second-order valence-electron chi connectivity index (χ2n) is 7.01. The highest BCUT2D eigenvalue weighted by Crippen LogP contribution is 2.25. The Hall–Kier alpha value is -2.00. The first-order chi connectivity index (χ1) is 13.3. The lowest BCUT2D eigenvalue weighted by atomic mass is 10.1. The highest BCUT2D eigenvalue weighted by atomic mass is 35.5. The summed E-state index contributed by atoms with van der Waals surface area (Å²) < 4.78 is 8.25. The minimum Gasteiger partial charge on any atom is -0.484 e. The average Bonchev–Trinajstić information content (AvgIpc) is 3.04. The monoisotopic (exact) mass is 384 g/mol. The van der Waals surface area contributed by atoms with Gasteiger partial charge in [-0.1, -0.05) is 81.3 Å². The van der Waals surface area contributed by atoms with Crippen molar-refractivity contribution in [1.82, 2.24) is 9.55 Å². The largest absolute Gasteiger partial charge is 0.484 e. The van der Waals surface area contributed by atoms with E-state index in [0.29, 0.717) is 17.4 Å². The Morgan fingerprint density at radius 3 is 2.41 bits per heavy atom. The predicted molar refractivity (Wildman–Crippen MR) is 114 cm³/mol. The molecule has 2 aromatic carbocycles. The summed E-state index contributed by atoms with van der Waals surface area (Å²) in [6.45, 7) is 3.67. The van der Waals surface area contributed by atoms with Crippen LogP contribution in [0.15, 0.2) is 48.5 Å². The van der Waals surface area contributed by atoms with Crippen LogP contribution >= 0.6 is 11.6 Å². The van der Waals surface area contributed by atoms with Gasteiger partial charge in [0.05, 0.1) is 16.1 Å². The minimum absolute atomic E-state index is 0.426. The van der Waals surface area contributed by atoms with Crippen molar-refractivity contribution in [3.63, 3.8) is 0 Å². The maximum atomic E-state index is 6.21. The zero-order valence-electron chi connectivity index (χ0n) is 16.2. The van der Waals surface area contributed by atoms with E-state index in [0.717, 1.165) is 17.9 Å². The average molecular weight is 385 g/mol. The Morgan fingerprint density at radius 1 is 0.889 bits per heavy atom. The third-order valence-electron chi connectivity index (χ3n) is 4.91. The molecular weight excluding hydrogens is 356 g/mol. The molecule has 3 nitrogen and oxygen atoms in total. The van der Waals surface area contributed by atoms with Gasteiger partial charge in [0.2, 0.25) is 0 Å². The zero-order chi connectivity index (χ0) is 18.9. The van der Waals surface area contributed by atoms with Gasteiger partial charge >= 0.3 is 0 Å². The molecule has 27 heavy (non-hydrogen) atoms. The van der Waals surface area contributed by atoms with E-state index in [9.17, 15) is 0 Å². The first-order valence-corrected chi connectivity index (χ1v) is 10.5. The number of benzene rings is 2. The van der Waals surface area contributed by atoms with Gasteiger partial charge in [-0.05, 0) is 30.7 Å². The number of aromatic nitrogens is 2. The first-order valence-electron chi connectivity index (χ1n) is 10.1. The lowest BCUT2D eigenvalue weighted by Gasteiger charge is -2.11. The fourth-order valence-corrected chi connectivity index (χ4v) is 3.61. The molecule has 1 heterocycles. The van der Waals surface area contributed by atoms with Crippen LogP contribution in [-0.2, 0) is 13.2 Å². The standard InChI is InChI=1S/C23H29ClN2O/c1-2-3-4-5-6-7-12-17-26-21-15-10-9-14-20(21)25-23(26)18-27-22-16-11-8-13-19(22)24/h8-11,13-16H,2-7,12,17-18H2,1H3. The fraction of sp³-hybridized carbons (Fsp3) is 0.435. The summed E-state index contributed by atoms with van der Waals surface area (Å²) in [7, 11) is 0. The van der Waals surface area contributed by atoms with Gasteiger partial charge in [-0.3, -0.25) is 0 Å². The van der Waals surface area contributed by atoms with E-state index in [1.807, 2.05) is 30.3 Å². The molecule has 4 heteroatoms. The van der Waals surface area contributed by atoms with Crippen molar-refractivity contribution in [2.45, 2.75) is 65.0 Å². The second-order valence-corrected chi connectivity index (χ2v) is 7.42. The number of aryl methyl sites for hydroxylation is 1. The molecular formula is C23H29ClN2O. The first kappa shape index (κ1) is 19.8. The maximum Gasteiger partial charge on any atom is 0.147 e. The van der Waals surface area contributed by atoms with Crippen LogP contribution in [-0.4, -0.2) is 9.55 Å². The van der Waals surface area contributed by atoms with Crippen molar-refractivity contribution in [3.8, 4) is 5.75 Å². The van der Waals surface area contributed by atoms with E-state index in [4.69, 9.17) is 21.3 Å². The van der Waals surface area contributed by atoms with Gasteiger partial charge in [-0.15, -0.1) is 0 Å². The highest BCUT2D eigenvalue weighted by molar-refractivity contribution is 6.32. The number of unbranched alkanes of at least 4 members (excludes halogenated alkanes) is 6. The summed E-state index contributed by atoms with van der Waals surface area (Å²) in [5.41, 5.74) is 2.21. The lowest BCUT2D eigenvalue weighted by molar-refractivity contribution is 0.289. The smallest absolute Gasteiger partial charge is 0.147 e.